The van der Waals surface area contributed by atoms with Gasteiger partial charge in [-0.2, -0.15) is 0 Å². The Kier molecular flexibility index (Phi) is 4.35. The van der Waals surface area contributed by atoms with Gasteiger partial charge < -0.3 is 15.6 Å². The van der Waals surface area contributed by atoms with Crippen molar-refractivity contribution in [3.63, 3.8) is 0 Å². The summed E-state index contributed by atoms with van der Waals surface area (Å²) in [5, 5.41) is 10.5. The minimum Gasteiger partial charge on any atom is -0.484 e. The summed E-state index contributed by atoms with van der Waals surface area (Å²) in [6, 6.07) is 10.4. The van der Waals surface area contributed by atoms with Crippen LogP contribution >= 0.6 is 23.2 Å². The van der Waals surface area contributed by atoms with Crippen LogP contribution in [0.4, 0.5) is 10.5 Å². The molecule has 0 unspecified atom stereocenters. The fourth-order valence-electron chi connectivity index (χ4n) is 2.59. The van der Waals surface area contributed by atoms with E-state index in [9.17, 15) is 9.90 Å². The lowest BCUT2D eigenvalue weighted by atomic mass is 10.0. The van der Waals surface area contributed by atoms with Crippen molar-refractivity contribution in [2.24, 2.45) is 5.73 Å². The number of hydrogen-bond donors (Lipinski definition) is 2. The molecule has 1 amide bonds. The number of nitrogens with two attached hydrogens (primary N) is 1. The number of rotatable bonds is 2. The maximum Gasteiger partial charge on any atom is 0.412 e. The molecular formula is C16H14Cl2N2O3. The van der Waals surface area contributed by atoms with Crippen LogP contribution in [0.25, 0.3) is 11.1 Å². The van der Waals surface area contributed by atoms with Crippen molar-refractivity contribution in [3.8, 4) is 16.9 Å². The predicted molar refractivity (Wildman–Crippen MR) is 90.7 cm³/mol. The van der Waals surface area contributed by atoms with Gasteiger partial charge in [0.15, 0.2) is 5.75 Å². The lowest BCUT2D eigenvalue weighted by Gasteiger charge is -2.34. The van der Waals surface area contributed by atoms with Gasteiger partial charge >= 0.3 is 6.09 Å². The second-order valence-electron chi connectivity index (χ2n) is 5.15. The van der Waals surface area contributed by atoms with E-state index in [0.717, 1.165) is 0 Å². The van der Waals surface area contributed by atoms with Crippen LogP contribution in [-0.2, 0) is 0 Å². The molecule has 0 radical (unpaired) electrons. The van der Waals surface area contributed by atoms with Crippen molar-refractivity contribution in [1.29, 1.82) is 0 Å². The first-order valence-electron chi connectivity index (χ1n) is 6.97. The van der Waals surface area contributed by atoms with E-state index in [2.05, 4.69) is 0 Å². The van der Waals surface area contributed by atoms with Crippen LogP contribution in [-0.4, -0.2) is 30.4 Å². The monoisotopic (exact) mass is 352 g/mol. The molecule has 5 nitrogen and oxygen atoms in total. The number of anilines is 1. The lowest BCUT2D eigenvalue weighted by molar-refractivity contribution is 0.177. The van der Waals surface area contributed by atoms with E-state index in [4.69, 9.17) is 33.7 Å². The van der Waals surface area contributed by atoms with E-state index in [-0.39, 0.29) is 13.1 Å². The molecule has 0 bridgehead atoms. The third-order valence-electron chi connectivity index (χ3n) is 3.67. The number of carboxylic acid groups (broad SMARTS) is 1. The number of nitrogens with zero attached hydrogens (tertiary/aromatic N) is 1. The highest BCUT2D eigenvalue weighted by Crippen LogP contribution is 2.44. The van der Waals surface area contributed by atoms with Crippen molar-refractivity contribution in [2.75, 3.05) is 18.0 Å². The van der Waals surface area contributed by atoms with E-state index in [1.54, 1.807) is 30.3 Å². The summed E-state index contributed by atoms with van der Waals surface area (Å²) in [6.07, 6.45) is -1.47. The Balaban J connectivity index is 2.19. The fourth-order valence-corrected chi connectivity index (χ4v) is 2.98. The van der Waals surface area contributed by atoms with Crippen molar-refractivity contribution >= 4 is 35.0 Å². The highest BCUT2D eigenvalue weighted by molar-refractivity contribution is 6.35. The number of carbonyl (C=O) groups is 1. The third-order valence-corrected chi connectivity index (χ3v) is 4.23. The van der Waals surface area contributed by atoms with E-state index in [1.165, 1.54) is 4.90 Å². The maximum atomic E-state index is 11.5. The first-order valence-corrected chi connectivity index (χ1v) is 7.72. The molecule has 0 aliphatic carbocycles. The minimum atomic E-state index is -1.05. The zero-order valence-corrected chi connectivity index (χ0v) is 13.5. The molecule has 3 rings (SSSR count). The standard InChI is InChI=1S/C16H14Cl2N2O3/c17-9-4-5-13(18)12(6-9)11-2-1-3-14-15(11)23-10(7-19)8-20(14)16(21)22/h1-6,10H,7-8,19H2,(H,21,22)/t10-/m1/s1. The van der Waals surface area contributed by atoms with Gasteiger partial charge in [0.25, 0.3) is 0 Å². The summed E-state index contributed by atoms with van der Waals surface area (Å²) in [7, 11) is 0. The van der Waals surface area contributed by atoms with Crippen molar-refractivity contribution in [2.45, 2.75) is 6.10 Å². The van der Waals surface area contributed by atoms with E-state index >= 15 is 0 Å². The Labute approximate surface area is 143 Å². The molecule has 1 aliphatic heterocycles. The number of fused-ring (bicyclic) bond motifs is 1. The molecule has 0 saturated carbocycles. The molecule has 0 fully saturated rings. The first-order chi connectivity index (χ1) is 11.0. The second-order valence-corrected chi connectivity index (χ2v) is 5.99. The molecule has 23 heavy (non-hydrogen) atoms. The van der Waals surface area contributed by atoms with Gasteiger partial charge in [-0.05, 0) is 24.3 Å². The molecule has 0 saturated heterocycles. The fraction of sp³-hybridized carbons (Fsp3) is 0.188. The maximum absolute atomic E-state index is 11.5. The quantitative estimate of drug-likeness (QED) is 0.860. The Bertz CT molecular complexity index is 767. The predicted octanol–water partition coefficient (Wildman–Crippen LogP) is 3.86. The number of amides is 1. The molecule has 7 heteroatoms. The SMILES string of the molecule is NC[C@@H]1CN(C(=O)O)c2cccc(-c3cc(Cl)ccc3Cl)c2O1. The van der Waals surface area contributed by atoms with E-state index < -0.39 is 12.2 Å². The zero-order valence-electron chi connectivity index (χ0n) is 12.0. The van der Waals surface area contributed by atoms with Gasteiger partial charge in [0.1, 0.15) is 6.10 Å². The molecule has 3 N–H and O–H groups in total. The minimum absolute atomic E-state index is 0.186. The van der Waals surface area contributed by atoms with Gasteiger partial charge in [-0.3, -0.25) is 4.90 Å². The normalized spacial score (nSPS) is 16.7. The molecule has 0 aromatic heterocycles. The molecule has 0 spiro atoms. The Morgan fingerprint density at radius 2 is 2.09 bits per heavy atom. The van der Waals surface area contributed by atoms with Crippen LogP contribution in [0, 0.1) is 0 Å². The van der Waals surface area contributed by atoms with Gasteiger partial charge in [0.05, 0.1) is 12.2 Å². The number of halogens is 2. The summed E-state index contributed by atoms with van der Waals surface area (Å²) in [5.41, 5.74) is 7.50. The summed E-state index contributed by atoms with van der Waals surface area (Å²) < 4.78 is 5.91. The van der Waals surface area contributed by atoms with Crippen LogP contribution in [0.2, 0.25) is 10.0 Å². The van der Waals surface area contributed by atoms with E-state index in [0.29, 0.717) is 32.6 Å². The van der Waals surface area contributed by atoms with Crippen LogP contribution in [0.3, 0.4) is 0 Å². The molecule has 1 aliphatic rings. The third kappa shape index (κ3) is 2.95. The Morgan fingerprint density at radius 1 is 1.30 bits per heavy atom. The van der Waals surface area contributed by atoms with Gasteiger partial charge in [0, 0.05) is 27.7 Å². The summed E-state index contributed by atoms with van der Waals surface area (Å²) in [6.45, 7) is 0.395. The molecule has 1 heterocycles. The number of para-hydroxylation sites is 1. The summed E-state index contributed by atoms with van der Waals surface area (Å²) >= 11 is 12.3. The van der Waals surface area contributed by atoms with Crippen molar-refractivity contribution < 1.29 is 14.6 Å². The van der Waals surface area contributed by atoms with Gasteiger partial charge in [-0.25, -0.2) is 4.79 Å². The average molecular weight is 353 g/mol. The number of benzene rings is 2. The topological polar surface area (TPSA) is 75.8 Å². The van der Waals surface area contributed by atoms with Crippen molar-refractivity contribution in [3.05, 3.63) is 46.4 Å². The lowest BCUT2D eigenvalue weighted by Crippen LogP contribution is -2.46. The largest absolute Gasteiger partial charge is 0.484 e. The Morgan fingerprint density at radius 3 is 2.78 bits per heavy atom. The molecule has 2 aromatic carbocycles. The molecule has 120 valence electrons. The van der Waals surface area contributed by atoms with Gasteiger partial charge in [-0.1, -0.05) is 35.3 Å². The summed E-state index contributed by atoms with van der Waals surface area (Å²) in [4.78, 5) is 12.8. The highest BCUT2D eigenvalue weighted by atomic mass is 35.5. The van der Waals surface area contributed by atoms with E-state index in [1.807, 2.05) is 6.07 Å². The van der Waals surface area contributed by atoms with Crippen LogP contribution in [0.15, 0.2) is 36.4 Å². The average Bonchev–Trinajstić information content (AvgIpc) is 2.55. The van der Waals surface area contributed by atoms with Crippen LogP contribution in [0.5, 0.6) is 5.75 Å². The smallest absolute Gasteiger partial charge is 0.412 e. The van der Waals surface area contributed by atoms with Crippen LogP contribution < -0.4 is 15.4 Å². The number of ether oxygens (including phenoxy) is 1. The first kappa shape index (κ1) is 15.9. The summed E-state index contributed by atoms with van der Waals surface area (Å²) in [5.74, 6) is 0.445. The highest BCUT2D eigenvalue weighted by Gasteiger charge is 2.31. The van der Waals surface area contributed by atoms with Gasteiger partial charge in [0.2, 0.25) is 0 Å². The van der Waals surface area contributed by atoms with Crippen LogP contribution in [0.1, 0.15) is 0 Å². The zero-order chi connectivity index (χ0) is 16.6. The van der Waals surface area contributed by atoms with Gasteiger partial charge in [-0.15, -0.1) is 0 Å². The number of hydrogen-bond acceptors (Lipinski definition) is 3. The molecule has 2 aromatic rings. The molecular weight excluding hydrogens is 339 g/mol. The van der Waals surface area contributed by atoms with Crippen molar-refractivity contribution in [1.82, 2.24) is 0 Å². The second kappa shape index (κ2) is 6.28. The molecule has 1 atom stereocenters. The Hall–Kier alpha value is -1.95.